The number of aliphatic carboxylic acids is 1. The molecular weight excluding hydrogens is 294 g/mol. The molecule has 0 aromatic heterocycles. The van der Waals surface area contributed by atoms with Crippen LogP contribution in [0.4, 0.5) is 5.69 Å². The van der Waals surface area contributed by atoms with Gasteiger partial charge in [0.25, 0.3) is 5.69 Å². The van der Waals surface area contributed by atoms with Gasteiger partial charge in [-0.2, -0.15) is 0 Å². The summed E-state index contributed by atoms with van der Waals surface area (Å²) in [5.41, 5.74) is -0.452. The molecule has 3 rings (SSSR count). The summed E-state index contributed by atoms with van der Waals surface area (Å²) < 4.78 is 0. The van der Waals surface area contributed by atoms with E-state index in [1.165, 1.54) is 6.07 Å². The zero-order valence-electron chi connectivity index (χ0n) is 11.4. The van der Waals surface area contributed by atoms with Crippen molar-refractivity contribution in [2.24, 2.45) is 17.3 Å². The van der Waals surface area contributed by atoms with Gasteiger partial charge >= 0.3 is 5.97 Å². The van der Waals surface area contributed by atoms with Gasteiger partial charge in [0.1, 0.15) is 0 Å². The molecule has 0 aliphatic heterocycles. The number of carboxylic acid groups (broad SMARTS) is 1. The molecule has 21 heavy (non-hydrogen) atoms. The molecule has 1 aromatic carbocycles. The van der Waals surface area contributed by atoms with Gasteiger partial charge in [0.15, 0.2) is 0 Å². The predicted octanol–water partition coefficient (Wildman–Crippen LogP) is 3.68. The average Bonchev–Trinajstić information content (AvgIpc) is 3.01. The summed E-state index contributed by atoms with van der Waals surface area (Å²) in [5, 5.41) is 21.2. The summed E-state index contributed by atoms with van der Waals surface area (Å²) in [5.74, 6) is -0.230. The summed E-state index contributed by atoms with van der Waals surface area (Å²) in [6, 6.07) is 4.49. The molecule has 0 saturated heterocycles. The number of benzene rings is 1. The molecular formula is C15H16ClNO4. The summed E-state index contributed by atoms with van der Waals surface area (Å²) in [6.45, 7) is 0. The number of nitro groups is 1. The highest BCUT2D eigenvalue weighted by atomic mass is 35.5. The van der Waals surface area contributed by atoms with Crippen molar-refractivity contribution >= 4 is 23.3 Å². The molecule has 6 heteroatoms. The van der Waals surface area contributed by atoms with Crippen LogP contribution in [0.3, 0.4) is 0 Å². The number of fused-ring (bicyclic) bond motifs is 2. The standard InChI is InChI=1S/C15H16ClNO4/c16-12-4-2-10(13(6-12)17(20)21)8-15(14(18)19)7-9-1-3-11(15)5-9/h2,4,6,9,11H,1,3,5,7-8H2,(H,18,19). The fraction of sp³-hybridized carbons (Fsp3) is 0.533. The summed E-state index contributed by atoms with van der Waals surface area (Å²) >= 11 is 5.82. The number of nitro benzene ring substituents is 1. The molecule has 0 spiro atoms. The van der Waals surface area contributed by atoms with E-state index in [0.717, 1.165) is 19.3 Å². The number of nitrogens with zero attached hydrogens (tertiary/aromatic N) is 1. The van der Waals surface area contributed by atoms with Crippen molar-refractivity contribution < 1.29 is 14.8 Å². The third kappa shape index (κ3) is 2.29. The van der Waals surface area contributed by atoms with E-state index >= 15 is 0 Å². The molecule has 3 atom stereocenters. The molecule has 1 N–H and O–H groups in total. The van der Waals surface area contributed by atoms with Crippen LogP contribution in [-0.4, -0.2) is 16.0 Å². The van der Waals surface area contributed by atoms with Crippen LogP contribution >= 0.6 is 11.6 Å². The van der Waals surface area contributed by atoms with Crippen LogP contribution < -0.4 is 0 Å². The van der Waals surface area contributed by atoms with Crippen LogP contribution in [0.25, 0.3) is 0 Å². The molecule has 3 unspecified atom stereocenters. The third-order valence-corrected chi connectivity index (χ3v) is 5.39. The van der Waals surface area contributed by atoms with Crippen molar-refractivity contribution in [3.05, 3.63) is 38.9 Å². The second-order valence-corrected chi connectivity index (χ2v) is 6.68. The van der Waals surface area contributed by atoms with Gasteiger partial charge in [0.05, 0.1) is 10.3 Å². The lowest BCUT2D eigenvalue weighted by molar-refractivity contribution is -0.385. The number of rotatable bonds is 4. The van der Waals surface area contributed by atoms with Crippen LogP contribution in [0.5, 0.6) is 0 Å². The largest absolute Gasteiger partial charge is 0.481 e. The Balaban J connectivity index is 1.98. The number of hydrogen-bond donors (Lipinski definition) is 1. The Labute approximate surface area is 127 Å². The van der Waals surface area contributed by atoms with Gasteiger partial charge in [-0.05, 0) is 43.6 Å². The van der Waals surface area contributed by atoms with E-state index in [9.17, 15) is 20.0 Å². The first-order chi connectivity index (χ1) is 9.92. The van der Waals surface area contributed by atoms with Crippen molar-refractivity contribution in [2.75, 3.05) is 0 Å². The van der Waals surface area contributed by atoms with Crippen LogP contribution in [-0.2, 0) is 11.2 Å². The maximum Gasteiger partial charge on any atom is 0.310 e. The molecule has 5 nitrogen and oxygen atoms in total. The lowest BCUT2D eigenvalue weighted by Gasteiger charge is -2.33. The van der Waals surface area contributed by atoms with Crippen LogP contribution in [0.2, 0.25) is 5.02 Å². The van der Waals surface area contributed by atoms with Gasteiger partial charge in [0.2, 0.25) is 0 Å². The van der Waals surface area contributed by atoms with Crippen molar-refractivity contribution in [1.82, 2.24) is 0 Å². The summed E-state index contributed by atoms with van der Waals surface area (Å²) in [7, 11) is 0. The van der Waals surface area contributed by atoms with E-state index in [1.54, 1.807) is 12.1 Å². The van der Waals surface area contributed by atoms with E-state index < -0.39 is 16.3 Å². The Morgan fingerprint density at radius 3 is 2.76 bits per heavy atom. The Morgan fingerprint density at radius 2 is 2.24 bits per heavy atom. The zero-order valence-corrected chi connectivity index (χ0v) is 12.2. The first-order valence-electron chi connectivity index (χ1n) is 7.08. The van der Waals surface area contributed by atoms with Crippen molar-refractivity contribution in [3.63, 3.8) is 0 Å². The summed E-state index contributed by atoms with van der Waals surface area (Å²) in [4.78, 5) is 22.6. The highest BCUT2D eigenvalue weighted by molar-refractivity contribution is 6.30. The van der Waals surface area contributed by atoms with Crippen LogP contribution in [0.15, 0.2) is 18.2 Å². The molecule has 2 aliphatic carbocycles. The zero-order chi connectivity index (χ0) is 15.2. The molecule has 112 valence electrons. The second kappa shape index (κ2) is 4.98. The number of carbonyl (C=O) groups is 1. The van der Waals surface area contributed by atoms with Gasteiger partial charge in [-0.15, -0.1) is 0 Å². The van der Waals surface area contributed by atoms with E-state index in [0.29, 0.717) is 22.9 Å². The SMILES string of the molecule is O=C(O)C1(Cc2ccc(Cl)cc2[N+](=O)[O-])CC2CCC1C2. The van der Waals surface area contributed by atoms with Gasteiger partial charge in [-0.1, -0.05) is 24.1 Å². The van der Waals surface area contributed by atoms with Crippen molar-refractivity contribution in [2.45, 2.75) is 32.1 Å². The average molecular weight is 310 g/mol. The number of carboxylic acids is 1. The smallest absolute Gasteiger partial charge is 0.310 e. The minimum Gasteiger partial charge on any atom is -0.481 e. The van der Waals surface area contributed by atoms with Gasteiger partial charge < -0.3 is 5.11 Å². The molecule has 2 fully saturated rings. The second-order valence-electron chi connectivity index (χ2n) is 6.25. The van der Waals surface area contributed by atoms with Gasteiger partial charge in [-0.3, -0.25) is 14.9 Å². The highest BCUT2D eigenvalue weighted by Crippen LogP contribution is 2.57. The minimum absolute atomic E-state index is 0.0779. The van der Waals surface area contributed by atoms with E-state index in [-0.39, 0.29) is 18.0 Å². The minimum atomic E-state index is -0.846. The quantitative estimate of drug-likeness (QED) is 0.679. The molecule has 2 bridgehead atoms. The first-order valence-corrected chi connectivity index (χ1v) is 7.46. The third-order valence-electron chi connectivity index (χ3n) is 5.15. The lowest BCUT2D eigenvalue weighted by atomic mass is 9.69. The Hall–Kier alpha value is -1.62. The molecule has 1 aromatic rings. The maximum absolute atomic E-state index is 11.9. The lowest BCUT2D eigenvalue weighted by Crippen LogP contribution is -2.38. The van der Waals surface area contributed by atoms with Gasteiger partial charge in [0, 0.05) is 16.7 Å². The van der Waals surface area contributed by atoms with Gasteiger partial charge in [-0.25, -0.2) is 0 Å². The first kappa shape index (κ1) is 14.3. The van der Waals surface area contributed by atoms with Crippen LogP contribution in [0.1, 0.15) is 31.2 Å². The Kier molecular flexibility index (Phi) is 3.40. The van der Waals surface area contributed by atoms with E-state index in [4.69, 9.17) is 11.6 Å². The Bertz CT molecular complexity index is 618. The predicted molar refractivity (Wildman–Crippen MR) is 77.3 cm³/mol. The molecule has 0 amide bonds. The monoisotopic (exact) mass is 309 g/mol. The normalized spacial score (nSPS) is 30.5. The van der Waals surface area contributed by atoms with E-state index in [1.807, 2.05) is 0 Å². The fourth-order valence-electron chi connectivity index (χ4n) is 4.19. The Morgan fingerprint density at radius 1 is 1.48 bits per heavy atom. The number of halogens is 1. The fourth-order valence-corrected chi connectivity index (χ4v) is 4.36. The molecule has 2 aliphatic rings. The molecule has 2 saturated carbocycles. The van der Waals surface area contributed by atoms with E-state index in [2.05, 4.69) is 0 Å². The number of hydrogen-bond acceptors (Lipinski definition) is 3. The highest BCUT2D eigenvalue weighted by Gasteiger charge is 2.56. The topological polar surface area (TPSA) is 80.4 Å². The molecule has 0 radical (unpaired) electrons. The van der Waals surface area contributed by atoms with Crippen molar-refractivity contribution in [1.29, 1.82) is 0 Å². The molecule has 0 heterocycles. The van der Waals surface area contributed by atoms with Crippen LogP contribution in [0, 0.1) is 27.4 Å². The maximum atomic E-state index is 11.9. The summed E-state index contributed by atoms with van der Waals surface area (Å²) in [6.07, 6.45) is 3.79. The van der Waals surface area contributed by atoms with Crippen molar-refractivity contribution in [3.8, 4) is 0 Å².